The molecule has 0 aliphatic carbocycles. The van der Waals surface area contributed by atoms with Crippen LogP contribution in [0.15, 0.2) is 12.7 Å². The van der Waals surface area contributed by atoms with Crippen molar-refractivity contribution in [2.24, 2.45) is 0 Å². The zero-order valence-electron chi connectivity index (χ0n) is 10.5. The van der Waals surface area contributed by atoms with Crippen LogP contribution in [0.3, 0.4) is 0 Å². The molecular weight excluding hydrogens is 188 g/mol. The van der Waals surface area contributed by atoms with Gasteiger partial charge in [-0.1, -0.05) is 18.9 Å². The van der Waals surface area contributed by atoms with Crippen molar-refractivity contribution in [2.75, 3.05) is 6.61 Å². The lowest BCUT2D eigenvalue weighted by atomic mass is 9.96. The summed E-state index contributed by atoms with van der Waals surface area (Å²) in [6.45, 7) is 10.2. The molecule has 0 aromatic rings. The smallest absolute Gasteiger partial charge is 0.0884 e. The average molecular weight is 214 g/mol. The zero-order valence-corrected chi connectivity index (χ0v) is 10.5. The minimum absolute atomic E-state index is 0.360. The van der Waals surface area contributed by atoms with Gasteiger partial charge in [0.15, 0.2) is 0 Å². The summed E-state index contributed by atoms with van der Waals surface area (Å²) in [6, 6.07) is 0. The Labute approximate surface area is 94.3 Å². The number of aliphatic hydroxyl groups excluding tert-OH is 1. The lowest BCUT2D eigenvalue weighted by Crippen LogP contribution is -2.39. The van der Waals surface area contributed by atoms with Crippen molar-refractivity contribution >= 4 is 0 Å². The van der Waals surface area contributed by atoms with Gasteiger partial charge >= 0.3 is 0 Å². The molecular formula is C13H26O2. The van der Waals surface area contributed by atoms with Crippen LogP contribution in [0.4, 0.5) is 0 Å². The molecule has 2 nitrogen and oxygen atoms in total. The Balaban J connectivity index is 3.62. The Morgan fingerprint density at radius 2 is 2.00 bits per heavy atom. The molecule has 1 atom stereocenters. The molecule has 0 spiro atoms. The molecule has 0 aliphatic rings. The van der Waals surface area contributed by atoms with Crippen LogP contribution in [0.5, 0.6) is 0 Å². The van der Waals surface area contributed by atoms with Gasteiger partial charge in [-0.2, -0.15) is 0 Å². The third kappa shape index (κ3) is 6.69. The second kappa shape index (κ2) is 7.89. The van der Waals surface area contributed by atoms with Crippen LogP contribution in [0.2, 0.25) is 0 Å². The molecule has 0 aromatic heterocycles. The molecule has 0 saturated carbocycles. The van der Waals surface area contributed by atoms with E-state index in [1.54, 1.807) is 0 Å². The number of rotatable bonds is 9. The summed E-state index contributed by atoms with van der Waals surface area (Å²) in [7, 11) is 0. The summed E-state index contributed by atoms with van der Waals surface area (Å²) in [5.74, 6) is 0. The minimum Gasteiger partial charge on any atom is -0.390 e. The highest BCUT2D eigenvalue weighted by Gasteiger charge is 2.27. The van der Waals surface area contributed by atoms with E-state index in [2.05, 4.69) is 6.58 Å². The summed E-state index contributed by atoms with van der Waals surface area (Å²) in [4.78, 5) is 0. The quantitative estimate of drug-likeness (QED) is 0.471. The monoisotopic (exact) mass is 214 g/mol. The average Bonchev–Trinajstić information content (AvgIpc) is 2.17. The van der Waals surface area contributed by atoms with E-state index >= 15 is 0 Å². The molecule has 2 heteroatoms. The van der Waals surface area contributed by atoms with Gasteiger partial charge in [-0.3, -0.25) is 0 Å². The van der Waals surface area contributed by atoms with Crippen LogP contribution >= 0.6 is 0 Å². The van der Waals surface area contributed by atoms with Gasteiger partial charge in [0.25, 0.3) is 0 Å². The van der Waals surface area contributed by atoms with Crippen LogP contribution in [0, 0.1) is 0 Å². The summed E-state index contributed by atoms with van der Waals surface area (Å²) in [6.07, 6.45) is 6.87. The van der Waals surface area contributed by atoms with E-state index in [4.69, 9.17) is 4.74 Å². The van der Waals surface area contributed by atoms with E-state index < -0.39 is 5.60 Å². The molecule has 0 rings (SSSR count). The van der Waals surface area contributed by atoms with E-state index in [0.717, 1.165) is 25.7 Å². The third-order valence-electron chi connectivity index (χ3n) is 2.70. The highest BCUT2D eigenvalue weighted by molar-refractivity contribution is 4.78. The fourth-order valence-corrected chi connectivity index (χ4v) is 1.62. The molecule has 0 heterocycles. The lowest BCUT2D eigenvalue weighted by Gasteiger charge is -2.30. The predicted octanol–water partition coefficient (Wildman–Crippen LogP) is 3.30. The second-order valence-corrected chi connectivity index (χ2v) is 4.48. The van der Waals surface area contributed by atoms with Gasteiger partial charge in [0.1, 0.15) is 0 Å². The number of aliphatic hydroxyl groups is 1. The van der Waals surface area contributed by atoms with Gasteiger partial charge in [0.2, 0.25) is 0 Å². The number of unbranched alkanes of at least 4 members (excludes halogenated alkanes) is 3. The van der Waals surface area contributed by atoms with Crippen molar-refractivity contribution in [2.45, 2.75) is 64.6 Å². The first-order chi connectivity index (χ1) is 7.04. The molecule has 1 unspecified atom stereocenters. The maximum Gasteiger partial charge on any atom is 0.0884 e. The largest absolute Gasteiger partial charge is 0.390 e. The Hall–Kier alpha value is -0.340. The van der Waals surface area contributed by atoms with Gasteiger partial charge in [0.05, 0.1) is 11.7 Å². The molecule has 0 aromatic carbocycles. The number of hydrogen-bond acceptors (Lipinski definition) is 2. The van der Waals surface area contributed by atoms with Gasteiger partial charge in [-0.25, -0.2) is 0 Å². The van der Waals surface area contributed by atoms with E-state index in [0.29, 0.717) is 6.61 Å². The van der Waals surface area contributed by atoms with E-state index in [1.165, 1.54) is 6.42 Å². The van der Waals surface area contributed by atoms with E-state index in [9.17, 15) is 5.11 Å². The molecule has 90 valence electrons. The zero-order chi connectivity index (χ0) is 11.7. The van der Waals surface area contributed by atoms with Crippen molar-refractivity contribution in [3.05, 3.63) is 12.7 Å². The van der Waals surface area contributed by atoms with E-state index in [1.807, 2.05) is 26.8 Å². The first-order valence-corrected chi connectivity index (χ1v) is 5.97. The van der Waals surface area contributed by atoms with Crippen LogP contribution in [0.1, 0.15) is 52.9 Å². The number of ether oxygens (including phenoxy) is 1. The Kier molecular flexibility index (Phi) is 7.71. The maximum absolute atomic E-state index is 9.92. The van der Waals surface area contributed by atoms with Crippen molar-refractivity contribution in [3.8, 4) is 0 Å². The highest BCUT2D eigenvalue weighted by atomic mass is 16.5. The van der Waals surface area contributed by atoms with Crippen LogP contribution in [-0.4, -0.2) is 23.4 Å². The Morgan fingerprint density at radius 3 is 2.53 bits per heavy atom. The molecule has 0 radical (unpaired) electrons. The van der Waals surface area contributed by atoms with Crippen LogP contribution in [-0.2, 0) is 4.74 Å². The summed E-state index contributed by atoms with van der Waals surface area (Å²) >= 11 is 0. The molecule has 15 heavy (non-hydrogen) atoms. The minimum atomic E-state index is -0.410. The molecule has 1 N–H and O–H groups in total. The first-order valence-electron chi connectivity index (χ1n) is 5.97. The van der Waals surface area contributed by atoms with Gasteiger partial charge < -0.3 is 9.84 Å². The number of hydrogen-bond donors (Lipinski definition) is 1. The number of allylic oxidation sites excluding steroid dienone is 1. The molecule has 0 bridgehead atoms. The van der Waals surface area contributed by atoms with E-state index in [-0.39, 0.29) is 6.10 Å². The maximum atomic E-state index is 9.92. The fraction of sp³-hybridized carbons (Fsp3) is 0.846. The SMILES string of the molecule is C=CCCCCCC(O)C(C)(C)OCC. The highest BCUT2D eigenvalue weighted by Crippen LogP contribution is 2.20. The van der Waals surface area contributed by atoms with Gasteiger partial charge in [-0.15, -0.1) is 6.58 Å². The topological polar surface area (TPSA) is 29.5 Å². The first kappa shape index (κ1) is 14.7. The summed E-state index contributed by atoms with van der Waals surface area (Å²) in [5, 5.41) is 9.92. The van der Waals surface area contributed by atoms with Gasteiger partial charge in [-0.05, 0) is 40.0 Å². The second-order valence-electron chi connectivity index (χ2n) is 4.48. The lowest BCUT2D eigenvalue weighted by molar-refractivity contribution is -0.0992. The predicted molar refractivity (Wildman–Crippen MR) is 65.0 cm³/mol. The Morgan fingerprint density at radius 1 is 1.33 bits per heavy atom. The van der Waals surface area contributed by atoms with Crippen molar-refractivity contribution in [1.82, 2.24) is 0 Å². The molecule has 0 amide bonds. The summed E-state index contributed by atoms with van der Waals surface area (Å²) in [5.41, 5.74) is -0.410. The third-order valence-corrected chi connectivity index (χ3v) is 2.70. The molecule has 0 saturated heterocycles. The van der Waals surface area contributed by atoms with Gasteiger partial charge in [0, 0.05) is 6.61 Å². The normalized spacial score (nSPS) is 13.9. The van der Waals surface area contributed by atoms with Crippen molar-refractivity contribution in [3.63, 3.8) is 0 Å². The molecule has 0 aliphatic heterocycles. The standard InChI is InChI=1S/C13H26O2/c1-5-7-8-9-10-11-12(14)13(3,4)15-6-2/h5,12,14H,1,6-11H2,2-4H3. The van der Waals surface area contributed by atoms with Crippen LogP contribution in [0.25, 0.3) is 0 Å². The van der Waals surface area contributed by atoms with Crippen molar-refractivity contribution < 1.29 is 9.84 Å². The van der Waals surface area contributed by atoms with Crippen molar-refractivity contribution in [1.29, 1.82) is 0 Å². The fourth-order valence-electron chi connectivity index (χ4n) is 1.62. The van der Waals surface area contributed by atoms with Crippen LogP contribution < -0.4 is 0 Å². The Bertz CT molecular complexity index is 164. The summed E-state index contributed by atoms with van der Waals surface area (Å²) < 4.78 is 5.50. The molecule has 0 fully saturated rings.